The van der Waals surface area contributed by atoms with Crippen molar-refractivity contribution >= 4 is 21.8 Å². The molecule has 0 rings (SSSR count). The Hall–Kier alpha value is -0.260. The Kier molecular flexibility index (Phi) is 5.62. The van der Waals surface area contributed by atoms with Crippen molar-refractivity contribution < 1.29 is 18.0 Å². The standard InChI is InChI=1S/C9H15BrF3NO/c1-6(2)4-14(5-9(11,12)13)8(15)7(3)10/h6-7H,4-5H2,1-3H3. The smallest absolute Gasteiger partial charge is 0.332 e. The Morgan fingerprint density at radius 3 is 2.07 bits per heavy atom. The van der Waals surface area contributed by atoms with Crippen molar-refractivity contribution in [2.45, 2.75) is 31.8 Å². The third-order valence-corrected chi connectivity index (χ3v) is 2.00. The lowest BCUT2D eigenvalue weighted by atomic mass is 10.2. The summed E-state index contributed by atoms with van der Waals surface area (Å²) in [6.07, 6.45) is -4.34. The van der Waals surface area contributed by atoms with Gasteiger partial charge in [0.15, 0.2) is 0 Å². The van der Waals surface area contributed by atoms with Crippen LogP contribution in [0.4, 0.5) is 13.2 Å². The molecule has 0 aliphatic rings. The number of amides is 1. The number of carbonyl (C=O) groups is 1. The van der Waals surface area contributed by atoms with Crippen LogP contribution in [0, 0.1) is 5.92 Å². The molecule has 6 heteroatoms. The van der Waals surface area contributed by atoms with E-state index < -0.39 is 23.5 Å². The average molecular weight is 290 g/mol. The number of rotatable bonds is 4. The first-order valence-corrected chi connectivity index (χ1v) is 5.54. The van der Waals surface area contributed by atoms with Gasteiger partial charge in [-0.3, -0.25) is 4.79 Å². The van der Waals surface area contributed by atoms with Gasteiger partial charge in [0.1, 0.15) is 6.54 Å². The van der Waals surface area contributed by atoms with Crippen molar-refractivity contribution in [3.63, 3.8) is 0 Å². The molecule has 90 valence electrons. The van der Waals surface area contributed by atoms with Gasteiger partial charge in [0.2, 0.25) is 5.91 Å². The molecule has 0 spiro atoms. The maximum Gasteiger partial charge on any atom is 0.406 e. The van der Waals surface area contributed by atoms with Crippen molar-refractivity contribution in [2.24, 2.45) is 5.92 Å². The zero-order valence-corrected chi connectivity index (χ0v) is 10.5. The molecule has 15 heavy (non-hydrogen) atoms. The molecule has 0 fully saturated rings. The third kappa shape index (κ3) is 6.76. The topological polar surface area (TPSA) is 20.3 Å². The highest BCUT2D eigenvalue weighted by molar-refractivity contribution is 9.10. The van der Waals surface area contributed by atoms with Gasteiger partial charge in [0, 0.05) is 6.54 Å². The summed E-state index contributed by atoms with van der Waals surface area (Å²) in [5.41, 5.74) is 0. The fourth-order valence-electron chi connectivity index (χ4n) is 1.14. The van der Waals surface area contributed by atoms with E-state index in [1.165, 1.54) is 6.92 Å². The molecule has 1 atom stereocenters. The molecular weight excluding hydrogens is 275 g/mol. The zero-order chi connectivity index (χ0) is 12.2. The second-order valence-corrected chi connectivity index (χ2v) is 5.22. The van der Waals surface area contributed by atoms with Gasteiger partial charge in [-0.05, 0) is 12.8 Å². The monoisotopic (exact) mass is 289 g/mol. The maximum atomic E-state index is 12.2. The molecule has 0 aromatic heterocycles. The molecule has 0 heterocycles. The molecular formula is C9H15BrF3NO. The van der Waals surface area contributed by atoms with E-state index in [2.05, 4.69) is 15.9 Å². The Morgan fingerprint density at radius 1 is 1.33 bits per heavy atom. The SMILES string of the molecule is CC(C)CN(CC(F)(F)F)C(=O)C(C)Br. The molecule has 0 aromatic carbocycles. The third-order valence-electron chi connectivity index (χ3n) is 1.61. The van der Waals surface area contributed by atoms with E-state index in [0.717, 1.165) is 4.90 Å². The normalized spacial score (nSPS) is 14.1. The number of carbonyl (C=O) groups excluding carboxylic acids is 1. The average Bonchev–Trinajstić information content (AvgIpc) is 1.97. The van der Waals surface area contributed by atoms with Gasteiger partial charge < -0.3 is 4.90 Å². The van der Waals surface area contributed by atoms with Gasteiger partial charge in [0.25, 0.3) is 0 Å². The molecule has 0 saturated carbocycles. The lowest BCUT2D eigenvalue weighted by Gasteiger charge is -2.26. The quantitative estimate of drug-likeness (QED) is 0.729. The first kappa shape index (κ1) is 14.7. The number of hydrogen-bond donors (Lipinski definition) is 0. The van der Waals surface area contributed by atoms with E-state index in [-0.39, 0.29) is 12.5 Å². The summed E-state index contributed by atoms with van der Waals surface area (Å²) >= 11 is 2.98. The van der Waals surface area contributed by atoms with E-state index in [9.17, 15) is 18.0 Å². The minimum Gasteiger partial charge on any atom is -0.332 e. The van der Waals surface area contributed by atoms with Gasteiger partial charge in [-0.2, -0.15) is 13.2 Å². The van der Waals surface area contributed by atoms with Crippen LogP contribution in [0.3, 0.4) is 0 Å². The fraction of sp³-hybridized carbons (Fsp3) is 0.889. The van der Waals surface area contributed by atoms with Crippen molar-refractivity contribution in [3.05, 3.63) is 0 Å². The molecule has 2 nitrogen and oxygen atoms in total. The lowest BCUT2D eigenvalue weighted by molar-refractivity contribution is -0.161. The summed E-state index contributed by atoms with van der Waals surface area (Å²) in [5.74, 6) is -0.511. The molecule has 0 aliphatic heterocycles. The van der Waals surface area contributed by atoms with Crippen LogP contribution in [-0.4, -0.2) is 34.9 Å². The predicted molar refractivity (Wildman–Crippen MR) is 55.9 cm³/mol. The highest BCUT2D eigenvalue weighted by Gasteiger charge is 2.34. The van der Waals surface area contributed by atoms with Crippen LogP contribution >= 0.6 is 15.9 Å². The molecule has 1 unspecified atom stereocenters. The van der Waals surface area contributed by atoms with Crippen LogP contribution in [0.25, 0.3) is 0 Å². The molecule has 0 N–H and O–H groups in total. The van der Waals surface area contributed by atoms with Crippen molar-refractivity contribution in [2.75, 3.05) is 13.1 Å². The number of nitrogens with zero attached hydrogens (tertiary/aromatic N) is 1. The fourth-order valence-corrected chi connectivity index (χ4v) is 1.43. The molecule has 0 bridgehead atoms. The molecule has 1 amide bonds. The Bertz CT molecular complexity index is 216. The summed E-state index contributed by atoms with van der Waals surface area (Å²) < 4.78 is 36.5. The molecule has 0 aromatic rings. The highest BCUT2D eigenvalue weighted by Crippen LogP contribution is 2.19. The minimum absolute atomic E-state index is 0.0162. The van der Waals surface area contributed by atoms with E-state index in [1.807, 2.05) is 0 Å². The molecule has 0 radical (unpaired) electrons. The second kappa shape index (κ2) is 5.72. The summed E-state index contributed by atoms with van der Waals surface area (Å²) in [7, 11) is 0. The van der Waals surface area contributed by atoms with E-state index in [0.29, 0.717) is 0 Å². The second-order valence-electron chi connectivity index (χ2n) is 3.84. The number of hydrogen-bond acceptors (Lipinski definition) is 1. The van der Waals surface area contributed by atoms with Crippen LogP contribution in [0.1, 0.15) is 20.8 Å². The Morgan fingerprint density at radius 2 is 1.80 bits per heavy atom. The predicted octanol–water partition coefficient (Wildman–Crippen LogP) is 2.82. The minimum atomic E-state index is -4.34. The van der Waals surface area contributed by atoms with Gasteiger partial charge in [0.05, 0.1) is 4.83 Å². The number of halogens is 4. The summed E-state index contributed by atoms with van der Waals surface area (Å²) in [6.45, 7) is 4.01. The van der Waals surface area contributed by atoms with Crippen molar-refractivity contribution in [1.29, 1.82) is 0 Å². The highest BCUT2D eigenvalue weighted by atomic mass is 79.9. The lowest BCUT2D eigenvalue weighted by Crippen LogP contribution is -2.43. The molecule has 0 aliphatic carbocycles. The summed E-state index contributed by atoms with van der Waals surface area (Å²) in [5, 5.41) is 0. The zero-order valence-electron chi connectivity index (χ0n) is 8.94. The van der Waals surface area contributed by atoms with Crippen LogP contribution < -0.4 is 0 Å². The van der Waals surface area contributed by atoms with Crippen LogP contribution in [0.2, 0.25) is 0 Å². The van der Waals surface area contributed by atoms with Gasteiger partial charge in [-0.1, -0.05) is 29.8 Å². The number of alkyl halides is 4. The Labute approximate surface area is 95.9 Å². The van der Waals surface area contributed by atoms with E-state index in [1.54, 1.807) is 13.8 Å². The maximum absolute atomic E-state index is 12.2. The Balaban J connectivity index is 4.52. The van der Waals surface area contributed by atoms with Gasteiger partial charge in [-0.15, -0.1) is 0 Å². The summed E-state index contributed by atoms with van der Waals surface area (Å²) in [6, 6.07) is 0. The molecule has 0 saturated heterocycles. The van der Waals surface area contributed by atoms with E-state index >= 15 is 0 Å². The first-order valence-electron chi connectivity index (χ1n) is 4.63. The van der Waals surface area contributed by atoms with Crippen LogP contribution in [0.15, 0.2) is 0 Å². The van der Waals surface area contributed by atoms with Gasteiger partial charge >= 0.3 is 6.18 Å². The summed E-state index contributed by atoms with van der Waals surface area (Å²) in [4.78, 5) is 11.7. The van der Waals surface area contributed by atoms with Gasteiger partial charge in [-0.25, -0.2) is 0 Å². The van der Waals surface area contributed by atoms with Crippen LogP contribution in [0.5, 0.6) is 0 Å². The van der Waals surface area contributed by atoms with Crippen molar-refractivity contribution in [3.8, 4) is 0 Å². The van der Waals surface area contributed by atoms with E-state index in [4.69, 9.17) is 0 Å². The first-order chi connectivity index (χ1) is 6.63. The van der Waals surface area contributed by atoms with Crippen molar-refractivity contribution in [1.82, 2.24) is 4.90 Å². The van der Waals surface area contributed by atoms with Crippen LogP contribution in [-0.2, 0) is 4.79 Å². The largest absolute Gasteiger partial charge is 0.406 e.